The van der Waals surface area contributed by atoms with E-state index in [1.807, 2.05) is 0 Å². The Morgan fingerprint density at radius 2 is 0.800 bits per heavy atom. The number of hydrogen-bond donors (Lipinski definition) is 0. The van der Waals surface area contributed by atoms with Crippen LogP contribution in [0.25, 0.3) is 0 Å². The zero-order chi connectivity index (χ0) is 0. The summed E-state index contributed by atoms with van der Waals surface area (Å²) in [6, 6.07) is 0. The minimum Gasteiger partial charge on any atom is -2.00 e. The Hall–Kier alpha value is 2.88. The van der Waals surface area contributed by atoms with Crippen molar-refractivity contribution in [3.05, 3.63) is 0 Å². The summed E-state index contributed by atoms with van der Waals surface area (Å²) in [7, 11) is 0. The van der Waals surface area contributed by atoms with Gasteiger partial charge in [-0.25, -0.2) is 0 Å². The van der Waals surface area contributed by atoms with Crippen molar-refractivity contribution in [1.29, 1.82) is 0 Å². The maximum Gasteiger partial charge on any atom is 4.00 e. The average Bonchev–Trinajstić information content (AvgIpc) is 0. The zero-order valence-electron chi connectivity index (χ0n) is 2.90. The SMILES string of the molecule is [In+3].[O-2].[Sn+4].[Zn+2].[Zn+2]. The van der Waals surface area contributed by atoms with Gasteiger partial charge in [0.2, 0.25) is 0 Å². The van der Waals surface area contributed by atoms with E-state index in [4.69, 9.17) is 0 Å². The van der Waals surface area contributed by atoms with Crippen molar-refractivity contribution in [2.45, 2.75) is 0 Å². The molecule has 0 aromatic rings. The summed E-state index contributed by atoms with van der Waals surface area (Å²) >= 11 is 0. The molecule has 0 radical (unpaired) electrons. The van der Waals surface area contributed by atoms with Crippen LogP contribution in [0.5, 0.6) is 0 Å². The van der Waals surface area contributed by atoms with Crippen LogP contribution in [0.1, 0.15) is 0 Å². The van der Waals surface area contributed by atoms with Crippen LogP contribution >= 0.6 is 0 Å². The summed E-state index contributed by atoms with van der Waals surface area (Å²) in [4.78, 5) is 0. The first-order valence-corrected chi connectivity index (χ1v) is 0. The Morgan fingerprint density at radius 3 is 0.800 bits per heavy atom. The Kier molecular flexibility index (Phi) is 258. The fourth-order valence-corrected chi connectivity index (χ4v) is 0. The molecule has 0 atom stereocenters. The first-order chi connectivity index (χ1) is 0. The molecule has 0 saturated heterocycles. The molecule has 0 amide bonds. The van der Waals surface area contributed by atoms with Crippen LogP contribution in [0.15, 0.2) is 0 Å². The summed E-state index contributed by atoms with van der Waals surface area (Å²) in [5.74, 6) is 0. The van der Waals surface area contributed by atoms with Crippen molar-refractivity contribution in [3.63, 3.8) is 0 Å². The van der Waals surface area contributed by atoms with E-state index in [0.29, 0.717) is 0 Å². The van der Waals surface area contributed by atoms with Crippen molar-refractivity contribution < 1.29 is 44.4 Å². The van der Waals surface area contributed by atoms with E-state index in [2.05, 4.69) is 0 Å². The molecule has 5 heteroatoms. The van der Waals surface area contributed by atoms with E-state index in [9.17, 15) is 0 Å². The van der Waals surface area contributed by atoms with Gasteiger partial charge in [0.1, 0.15) is 0 Å². The molecule has 0 aromatic carbocycles. The molecule has 0 aliphatic rings. The Morgan fingerprint density at radius 1 is 0.800 bits per heavy atom. The van der Waals surface area contributed by atoms with Crippen molar-refractivity contribution in [2.75, 3.05) is 0 Å². The maximum atomic E-state index is 0. The average molecular weight is 380 g/mol. The summed E-state index contributed by atoms with van der Waals surface area (Å²) in [6.45, 7) is 0. The van der Waals surface area contributed by atoms with Gasteiger partial charge in [0, 0.05) is 0 Å². The van der Waals surface area contributed by atoms with Crippen molar-refractivity contribution in [3.8, 4) is 0 Å². The van der Waals surface area contributed by atoms with Crippen LogP contribution in [-0.2, 0) is 44.4 Å². The quantitative estimate of drug-likeness (QED) is 0.489. The standard InChI is InChI=1S/In.O.Sn.2Zn/q+3;-2;+4;2*+2. The normalized spacial score (nSPS) is 0. The van der Waals surface area contributed by atoms with Gasteiger partial charge in [-0.1, -0.05) is 0 Å². The summed E-state index contributed by atoms with van der Waals surface area (Å²) in [6.07, 6.45) is 0. The molecule has 8 valence electrons. The predicted octanol–water partition coefficient (Wildman–Crippen LogP) is -0.885. The molecular formula is InOSnZn2+9. The first-order valence-electron chi connectivity index (χ1n) is 0. The fraction of sp³-hybridized carbons (Fsp3) is 0. The molecule has 0 unspecified atom stereocenters. The molecule has 0 heterocycles. The molecule has 0 N–H and O–H groups in total. The fourth-order valence-electron chi connectivity index (χ4n) is 0. The van der Waals surface area contributed by atoms with E-state index >= 15 is 0 Å². The molecule has 0 bridgehead atoms. The van der Waals surface area contributed by atoms with Gasteiger partial charge in [-0.2, -0.15) is 0 Å². The van der Waals surface area contributed by atoms with Crippen LogP contribution in [0.2, 0.25) is 0 Å². The summed E-state index contributed by atoms with van der Waals surface area (Å²) in [5.41, 5.74) is 0. The van der Waals surface area contributed by atoms with Gasteiger partial charge in [-0.05, 0) is 0 Å². The van der Waals surface area contributed by atoms with Gasteiger partial charge >= 0.3 is 88.7 Å². The molecule has 0 aliphatic carbocycles. The van der Waals surface area contributed by atoms with E-state index in [1.54, 1.807) is 0 Å². The number of rotatable bonds is 0. The van der Waals surface area contributed by atoms with Gasteiger partial charge in [0.25, 0.3) is 0 Å². The Balaban J connectivity index is 0. The third-order valence-electron chi connectivity index (χ3n) is 0. The molecular weight excluding hydrogens is 380 g/mol. The van der Waals surface area contributed by atoms with Gasteiger partial charge < -0.3 is 5.48 Å². The van der Waals surface area contributed by atoms with Crippen LogP contribution in [0.4, 0.5) is 0 Å². The minimum absolute atomic E-state index is 0. The summed E-state index contributed by atoms with van der Waals surface area (Å²) in [5, 5.41) is 0. The molecule has 5 heavy (non-hydrogen) atoms. The molecule has 0 spiro atoms. The summed E-state index contributed by atoms with van der Waals surface area (Å²) < 4.78 is 0. The molecule has 0 saturated carbocycles. The molecule has 0 fully saturated rings. The monoisotopic (exact) mass is 379 g/mol. The second-order valence-electron chi connectivity index (χ2n) is 0. The molecule has 0 rings (SSSR count). The molecule has 0 aliphatic heterocycles. The van der Waals surface area contributed by atoms with Gasteiger partial charge in [0.15, 0.2) is 0 Å². The third kappa shape index (κ3) is 19.8. The topological polar surface area (TPSA) is 28.5 Å². The van der Waals surface area contributed by atoms with E-state index in [0.717, 1.165) is 0 Å². The van der Waals surface area contributed by atoms with Crippen LogP contribution in [0, 0.1) is 0 Å². The Bertz CT molecular complexity index is 9.61. The van der Waals surface area contributed by atoms with E-state index in [1.165, 1.54) is 0 Å². The van der Waals surface area contributed by atoms with Crippen LogP contribution < -0.4 is 0 Å². The largest absolute Gasteiger partial charge is 4.00 e. The first kappa shape index (κ1) is 45.0. The maximum absolute atomic E-state index is 0. The van der Waals surface area contributed by atoms with Crippen molar-refractivity contribution >= 4 is 49.8 Å². The minimum atomic E-state index is 0. The van der Waals surface area contributed by atoms with Crippen molar-refractivity contribution in [2.24, 2.45) is 0 Å². The smallest absolute Gasteiger partial charge is 2.00 e. The molecule has 0 aromatic heterocycles. The third-order valence-corrected chi connectivity index (χ3v) is 0. The van der Waals surface area contributed by atoms with E-state index < -0.39 is 0 Å². The van der Waals surface area contributed by atoms with Gasteiger partial charge in [-0.15, -0.1) is 0 Å². The van der Waals surface area contributed by atoms with Gasteiger partial charge in [-0.3, -0.25) is 0 Å². The molecule has 1 nitrogen and oxygen atoms in total. The number of hydrogen-bond acceptors (Lipinski definition) is 0. The van der Waals surface area contributed by atoms with Crippen LogP contribution in [-0.4, -0.2) is 49.8 Å². The van der Waals surface area contributed by atoms with Gasteiger partial charge in [0.05, 0.1) is 0 Å². The van der Waals surface area contributed by atoms with Crippen molar-refractivity contribution in [1.82, 2.24) is 0 Å². The van der Waals surface area contributed by atoms with E-state index in [-0.39, 0.29) is 94.2 Å². The predicted molar refractivity (Wildman–Crippen MR) is 12.2 cm³/mol. The van der Waals surface area contributed by atoms with Crippen LogP contribution in [0.3, 0.4) is 0 Å². The second-order valence-corrected chi connectivity index (χ2v) is 0. The Labute approximate surface area is 92.6 Å². The zero-order valence-corrected chi connectivity index (χ0v) is 15.0. The second kappa shape index (κ2) is 28.7.